The van der Waals surface area contributed by atoms with Gasteiger partial charge in [-0.25, -0.2) is 0 Å². The number of carbonyl (C=O) groups excluding carboxylic acids is 1. The van der Waals surface area contributed by atoms with E-state index in [4.69, 9.17) is 0 Å². The lowest BCUT2D eigenvalue weighted by molar-refractivity contribution is -0.131. The Morgan fingerprint density at radius 2 is 2.00 bits per heavy atom. The van der Waals surface area contributed by atoms with Gasteiger partial charge in [-0.2, -0.15) is 0 Å². The SMILES string of the molecule is O=C(CCc1ccccc1Br)N(CCc1cccs1)C1CC1. The predicted molar refractivity (Wildman–Crippen MR) is 95.2 cm³/mol. The summed E-state index contributed by atoms with van der Waals surface area (Å²) in [6, 6.07) is 12.9. The average molecular weight is 378 g/mol. The Balaban J connectivity index is 1.55. The number of amides is 1. The second kappa shape index (κ2) is 7.42. The van der Waals surface area contributed by atoms with Gasteiger partial charge in [-0.05, 0) is 48.8 Å². The summed E-state index contributed by atoms with van der Waals surface area (Å²) in [5.41, 5.74) is 1.21. The molecule has 2 aromatic rings. The van der Waals surface area contributed by atoms with Crippen LogP contribution in [0.3, 0.4) is 0 Å². The molecule has 116 valence electrons. The van der Waals surface area contributed by atoms with Crippen LogP contribution in [0.4, 0.5) is 0 Å². The second-order valence-electron chi connectivity index (χ2n) is 5.74. The van der Waals surface area contributed by atoms with Gasteiger partial charge in [0, 0.05) is 28.4 Å². The predicted octanol–water partition coefficient (Wildman–Crippen LogP) is 4.68. The molecule has 0 bridgehead atoms. The van der Waals surface area contributed by atoms with Crippen molar-refractivity contribution in [3.63, 3.8) is 0 Å². The number of hydrogen-bond acceptors (Lipinski definition) is 2. The summed E-state index contributed by atoms with van der Waals surface area (Å²) in [6.45, 7) is 0.861. The van der Waals surface area contributed by atoms with Gasteiger partial charge in [0.05, 0.1) is 0 Å². The minimum Gasteiger partial charge on any atom is -0.339 e. The smallest absolute Gasteiger partial charge is 0.223 e. The first-order chi connectivity index (χ1) is 10.7. The molecule has 0 atom stereocenters. The quantitative estimate of drug-likeness (QED) is 0.685. The van der Waals surface area contributed by atoms with Crippen LogP contribution in [0.2, 0.25) is 0 Å². The van der Waals surface area contributed by atoms with Crippen LogP contribution in [0.5, 0.6) is 0 Å². The van der Waals surface area contributed by atoms with Gasteiger partial charge in [0.1, 0.15) is 0 Å². The maximum absolute atomic E-state index is 12.6. The molecule has 0 radical (unpaired) electrons. The molecule has 4 heteroatoms. The zero-order valence-corrected chi connectivity index (χ0v) is 14.9. The van der Waals surface area contributed by atoms with Crippen LogP contribution in [-0.4, -0.2) is 23.4 Å². The molecule has 1 aromatic carbocycles. The maximum Gasteiger partial charge on any atom is 0.223 e. The van der Waals surface area contributed by atoms with E-state index >= 15 is 0 Å². The van der Waals surface area contributed by atoms with Crippen LogP contribution >= 0.6 is 27.3 Å². The summed E-state index contributed by atoms with van der Waals surface area (Å²) in [6.07, 6.45) is 4.73. The maximum atomic E-state index is 12.6. The van der Waals surface area contributed by atoms with Crippen molar-refractivity contribution >= 4 is 33.2 Å². The van der Waals surface area contributed by atoms with E-state index < -0.39 is 0 Å². The zero-order valence-electron chi connectivity index (χ0n) is 12.5. The van der Waals surface area contributed by atoms with Gasteiger partial charge < -0.3 is 4.90 Å². The van der Waals surface area contributed by atoms with E-state index in [2.05, 4.69) is 44.4 Å². The van der Waals surface area contributed by atoms with E-state index in [-0.39, 0.29) is 0 Å². The molecule has 1 aliphatic carbocycles. The van der Waals surface area contributed by atoms with E-state index in [0.717, 1.165) is 23.9 Å². The molecule has 1 saturated carbocycles. The topological polar surface area (TPSA) is 20.3 Å². The summed E-state index contributed by atoms with van der Waals surface area (Å²) in [5.74, 6) is 0.301. The zero-order chi connectivity index (χ0) is 15.4. The van der Waals surface area contributed by atoms with Gasteiger partial charge in [-0.3, -0.25) is 4.79 Å². The number of halogens is 1. The highest BCUT2D eigenvalue weighted by Crippen LogP contribution is 2.28. The molecule has 0 aliphatic heterocycles. The third-order valence-electron chi connectivity index (χ3n) is 4.05. The average Bonchev–Trinajstić information content (AvgIpc) is 3.22. The van der Waals surface area contributed by atoms with E-state index in [1.54, 1.807) is 11.3 Å². The van der Waals surface area contributed by atoms with Crippen LogP contribution in [0, 0.1) is 0 Å². The summed E-state index contributed by atoms with van der Waals surface area (Å²) in [7, 11) is 0. The molecule has 1 fully saturated rings. The standard InChI is InChI=1S/C18H20BrNOS/c19-17-6-2-1-4-14(17)7-10-18(21)20(15-8-9-15)12-11-16-5-3-13-22-16/h1-6,13,15H,7-12H2. The highest BCUT2D eigenvalue weighted by atomic mass is 79.9. The summed E-state index contributed by atoms with van der Waals surface area (Å²) < 4.78 is 1.10. The Hall–Kier alpha value is -1.13. The number of hydrogen-bond donors (Lipinski definition) is 0. The molecule has 3 rings (SSSR count). The Kier molecular flexibility index (Phi) is 5.32. The summed E-state index contributed by atoms with van der Waals surface area (Å²) in [4.78, 5) is 16.1. The van der Waals surface area contributed by atoms with Gasteiger partial charge in [0.15, 0.2) is 0 Å². The first-order valence-electron chi connectivity index (χ1n) is 7.79. The largest absolute Gasteiger partial charge is 0.339 e. The fourth-order valence-corrected chi connectivity index (χ4v) is 3.85. The first-order valence-corrected chi connectivity index (χ1v) is 9.46. The monoisotopic (exact) mass is 377 g/mol. The van der Waals surface area contributed by atoms with Crippen molar-refractivity contribution in [2.24, 2.45) is 0 Å². The fraction of sp³-hybridized carbons (Fsp3) is 0.389. The van der Waals surface area contributed by atoms with E-state index in [1.807, 2.05) is 18.2 Å². The lowest BCUT2D eigenvalue weighted by Crippen LogP contribution is -2.35. The number of thiophene rings is 1. The third-order valence-corrected chi connectivity index (χ3v) is 5.76. The lowest BCUT2D eigenvalue weighted by atomic mass is 10.1. The molecule has 2 nitrogen and oxygen atoms in total. The van der Waals surface area contributed by atoms with Crippen molar-refractivity contribution in [2.75, 3.05) is 6.54 Å². The van der Waals surface area contributed by atoms with Gasteiger partial charge in [0.25, 0.3) is 0 Å². The lowest BCUT2D eigenvalue weighted by Gasteiger charge is -2.22. The number of rotatable bonds is 7. The van der Waals surface area contributed by atoms with Crippen molar-refractivity contribution in [3.8, 4) is 0 Å². The van der Waals surface area contributed by atoms with Gasteiger partial charge in [-0.1, -0.05) is 40.2 Å². The van der Waals surface area contributed by atoms with Gasteiger partial charge in [0.2, 0.25) is 5.91 Å². The van der Waals surface area contributed by atoms with Gasteiger partial charge >= 0.3 is 0 Å². The van der Waals surface area contributed by atoms with E-state index in [1.165, 1.54) is 23.3 Å². The van der Waals surface area contributed by atoms with Crippen LogP contribution in [0.15, 0.2) is 46.3 Å². The minimum atomic E-state index is 0.301. The van der Waals surface area contributed by atoms with E-state index in [9.17, 15) is 4.79 Å². The van der Waals surface area contributed by atoms with Crippen LogP contribution in [0.25, 0.3) is 0 Å². The normalized spacial score (nSPS) is 14.0. The number of carbonyl (C=O) groups is 1. The van der Waals surface area contributed by atoms with Crippen molar-refractivity contribution in [3.05, 3.63) is 56.7 Å². The Morgan fingerprint density at radius 3 is 2.68 bits per heavy atom. The Morgan fingerprint density at radius 1 is 1.18 bits per heavy atom. The van der Waals surface area contributed by atoms with Crippen molar-refractivity contribution in [1.82, 2.24) is 4.90 Å². The third kappa shape index (κ3) is 4.20. The fourth-order valence-electron chi connectivity index (χ4n) is 2.67. The molecule has 0 spiro atoms. The number of benzene rings is 1. The van der Waals surface area contributed by atoms with Crippen LogP contribution in [-0.2, 0) is 17.6 Å². The Bertz CT molecular complexity index is 622. The molecule has 0 N–H and O–H groups in total. The molecular weight excluding hydrogens is 358 g/mol. The van der Waals surface area contributed by atoms with Gasteiger partial charge in [-0.15, -0.1) is 11.3 Å². The molecule has 22 heavy (non-hydrogen) atoms. The molecule has 1 aromatic heterocycles. The van der Waals surface area contributed by atoms with Crippen LogP contribution < -0.4 is 0 Å². The summed E-state index contributed by atoms with van der Waals surface area (Å²) >= 11 is 5.33. The van der Waals surface area contributed by atoms with E-state index in [0.29, 0.717) is 18.4 Å². The molecule has 0 unspecified atom stereocenters. The molecule has 1 heterocycles. The summed E-state index contributed by atoms with van der Waals surface area (Å²) in [5, 5.41) is 2.10. The van der Waals surface area contributed by atoms with Crippen molar-refractivity contribution in [1.29, 1.82) is 0 Å². The molecule has 1 amide bonds. The highest BCUT2D eigenvalue weighted by molar-refractivity contribution is 9.10. The molecular formula is C18H20BrNOS. The molecule has 1 aliphatic rings. The number of aryl methyl sites for hydroxylation is 1. The van der Waals surface area contributed by atoms with Crippen LogP contribution in [0.1, 0.15) is 29.7 Å². The second-order valence-corrected chi connectivity index (χ2v) is 7.63. The highest BCUT2D eigenvalue weighted by Gasteiger charge is 2.31. The minimum absolute atomic E-state index is 0.301. The molecule has 0 saturated heterocycles. The van der Waals surface area contributed by atoms with Crippen molar-refractivity contribution < 1.29 is 4.79 Å². The Labute approximate surface area is 144 Å². The van der Waals surface area contributed by atoms with Crippen molar-refractivity contribution in [2.45, 2.75) is 38.1 Å². The number of nitrogens with zero attached hydrogens (tertiary/aromatic N) is 1. The first kappa shape index (κ1) is 15.8.